The average molecular weight is 168 g/mol. The van der Waals surface area contributed by atoms with Gasteiger partial charge in [0, 0.05) is 0 Å². The van der Waals surface area contributed by atoms with Crippen molar-refractivity contribution in [1.82, 2.24) is 0 Å². The highest BCUT2D eigenvalue weighted by Crippen LogP contribution is 2.22. The Morgan fingerprint density at radius 2 is 1.83 bits per heavy atom. The van der Waals surface area contributed by atoms with Gasteiger partial charge >= 0.3 is 0 Å². The Labute approximate surface area is 78.1 Å². The van der Waals surface area contributed by atoms with Crippen LogP contribution in [0.15, 0.2) is 11.6 Å². The summed E-state index contributed by atoms with van der Waals surface area (Å²) in [6.45, 7) is 11.4. The molecular weight excluding hydrogens is 144 g/mol. The summed E-state index contributed by atoms with van der Waals surface area (Å²) in [5, 5.41) is 0. The van der Waals surface area contributed by atoms with Gasteiger partial charge in [0.15, 0.2) is 0 Å². The Morgan fingerprint density at radius 3 is 2.25 bits per heavy atom. The second-order valence-corrected chi connectivity index (χ2v) is 4.87. The fourth-order valence-corrected chi connectivity index (χ4v) is 1.35. The third-order valence-electron chi connectivity index (χ3n) is 2.05. The Bertz CT molecular complexity index is 135. The molecule has 0 saturated heterocycles. The highest BCUT2D eigenvalue weighted by molar-refractivity contribution is 4.96. The van der Waals surface area contributed by atoms with Crippen molar-refractivity contribution in [1.29, 1.82) is 0 Å². The second-order valence-electron chi connectivity index (χ2n) is 4.87. The van der Waals surface area contributed by atoms with Crippen molar-refractivity contribution in [3.8, 4) is 0 Å². The SMILES string of the molecule is CC/C=C(\C)CCCC(C)(C)C. The lowest BCUT2D eigenvalue weighted by molar-refractivity contribution is 0.365. The lowest BCUT2D eigenvalue weighted by atomic mass is 9.89. The summed E-state index contributed by atoms with van der Waals surface area (Å²) in [5.41, 5.74) is 2.06. The molecule has 0 aliphatic heterocycles. The van der Waals surface area contributed by atoms with Crippen molar-refractivity contribution < 1.29 is 0 Å². The minimum Gasteiger partial charge on any atom is -0.0859 e. The van der Waals surface area contributed by atoms with E-state index in [9.17, 15) is 0 Å². The van der Waals surface area contributed by atoms with E-state index in [1.165, 1.54) is 25.7 Å². The summed E-state index contributed by atoms with van der Waals surface area (Å²) in [6.07, 6.45) is 7.48. The molecule has 0 rings (SSSR count). The van der Waals surface area contributed by atoms with Crippen LogP contribution >= 0.6 is 0 Å². The summed E-state index contributed by atoms with van der Waals surface area (Å²) in [4.78, 5) is 0. The van der Waals surface area contributed by atoms with E-state index in [1.807, 2.05) is 0 Å². The van der Waals surface area contributed by atoms with Crippen LogP contribution in [-0.2, 0) is 0 Å². The molecule has 0 bridgehead atoms. The summed E-state index contributed by atoms with van der Waals surface area (Å²) < 4.78 is 0. The van der Waals surface area contributed by atoms with Crippen LogP contribution in [0.4, 0.5) is 0 Å². The third kappa shape index (κ3) is 7.84. The van der Waals surface area contributed by atoms with Crippen LogP contribution in [0, 0.1) is 5.41 Å². The molecule has 0 atom stereocenters. The van der Waals surface area contributed by atoms with E-state index in [0.29, 0.717) is 5.41 Å². The smallest absolute Gasteiger partial charge is 0.0323 e. The molecule has 0 saturated carbocycles. The van der Waals surface area contributed by atoms with Gasteiger partial charge in [-0.3, -0.25) is 0 Å². The van der Waals surface area contributed by atoms with Gasteiger partial charge in [-0.1, -0.05) is 39.3 Å². The molecule has 0 aromatic heterocycles. The molecule has 72 valence electrons. The van der Waals surface area contributed by atoms with E-state index in [2.05, 4.69) is 40.7 Å². The number of rotatable bonds is 4. The summed E-state index contributed by atoms with van der Waals surface area (Å²) in [6, 6.07) is 0. The third-order valence-corrected chi connectivity index (χ3v) is 2.05. The number of allylic oxidation sites excluding steroid dienone is 2. The van der Waals surface area contributed by atoms with Crippen LogP contribution in [0.2, 0.25) is 0 Å². The molecule has 0 aliphatic carbocycles. The molecule has 0 aromatic rings. The number of hydrogen-bond donors (Lipinski definition) is 0. The van der Waals surface area contributed by atoms with Gasteiger partial charge in [0.05, 0.1) is 0 Å². The Kier molecular flexibility index (Phi) is 5.28. The van der Waals surface area contributed by atoms with Crippen LogP contribution in [-0.4, -0.2) is 0 Å². The molecule has 0 aliphatic rings. The Balaban J connectivity index is 3.50. The first-order valence-electron chi connectivity index (χ1n) is 5.11. The molecular formula is C12H24. The van der Waals surface area contributed by atoms with Gasteiger partial charge in [0.25, 0.3) is 0 Å². The molecule has 0 nitrogen and oxygen atoms in total. The predicted octanol–water partition coefficient (Wildman–Crippen LogP) is 4.56. The first-order chi connectivity index (χ1) is 5.45. The molecule has 0 N–H and O–H groups in total. The van der Waals surface area contributed by atoms with Gasteiger partial charge in [0.1, 0.15) is 0 Å². The maximum atomic E-state index is 2.34. The predicted molar refractivity (Wildman–Crippen MR) is 57.4 cm³/mol. The molecule has 0 spiro atoms. The van der Waals surface area contributed by atoms with Crippen molar-refractivity contribution in [3.63, 3.8) is 0 Å². The Morgan fingerprint density at radius 1 is 1.25 bits per heavy atom. The van der Waals surface area contributed by atoms with Gasteiger partial charge in [-0.05, 0) is 38.0 Å². The van der Waals surface area contributed by atoms with Gasteiger partial charge in [-0.2, -0.15) is 0 Å². The van der Waals surface area contributed by atoms with Crippen LogP contribution < -0.4 is 0 Å². The normalized spacial score (nSPS) is 13.6. The topological polar surface area (TPSA) is 0 Å². The average Bonchev–Trinajstić information content (AvgIpc) is 1.84. The summed E-state index contributed by atoms with van der Waals surface area (Å²) >= 11 is 0. The zero-order valence-corrected chi connectivity index (χ0v) is 9.41. The van der Waals surface area contributed by atoms with Gasteiger partial charge in [-0.25, -0.2) is 0 Å². The zero-order valence-electron chi connectivity index (χ0n) is 9.41. The lowest BCUT2D eigenvalue weighted by Gasteiger charge is -2.17. The van der Waals surface area contributed by atoms with Gasteiger partial charge < -0.3 is 0 Å². The maximum absolute atomic E-state index is 2.34. The first-order valence-corrected chi connectivity index (χ1v) is 5.11. The standard InChI is InChI=1S/C12H24/c1-6-8-11(2)9-7-10-12(3,4)5/h8H,6-7,9-10H2,1-5H3/b11-8+. The number of hydrogen-bond acceptors (Lipinski definition) is 0. The van der Waals surface area contributed by atoms with Crippen molar-refractivity contribution in [2.24, 2.45) is 5.41 Å². The quantitative estimate of drug-likeness (QED) is 0.540. The zero-order chi connectivity index (χ0) is 9.61. The molecule has 0 fully saturated rings. The van der Waals surface area contributed by atoms with E-state index in [0.717, 1.165) is 0 Å². The monoisotopic (exact) mass is 168 g/mol. The van der Waals surface area contributed by atoms with Gasteiger partial charge in [-0.15, -0.1) is 0 Å². The second kappa shape index (κ2) is 5.40. The van der Waals surface area contributed by atoms with Crippen molar-refractivity contribution in [2.75, 3.05) is 0 Å². The molecule has 0 amide bonds. The fourth-order valence-electron chi connectivity index (χ4n) is 1.35. The van der Waals surface area contributed by atoms with Crippen molar-refractivity contribution in [3.05, 3.63) is 11.6 Å². The summed E-state index contributed by atoms with van der Waals surface area (Å²) in [7, 11) is 0. The minimum absolute atomic E-state index is 0.506. The van der Waals surface area contributed by atoms with E-state index in [4.69, 9.17) is 0 Å². The minimum atomic E-state index is 0.506. The van der Waals surface area contributed by atoms with Crippen LogP contribution in [0.5, 0.6) is 0 Å². The largest absolute Gasteiger partial charge is 0.0859 e. The van der Waals surface area contributed by atoms with Gasteiger partial charge in [0.2, 0.25) is 0 Å². The molecule has 0 radical (unpaired) electrons. The molecule has 0 unspecified atom stereocenters. The van der Waals surface area contributed by atoms with Crippen LogP contribution in [0.25, 0.3) is 0 Å². The van der Waals surface area contributed by atoms with E-state index < -0.39 is 0 Å². The maximum Gasteiger partial charge on any atom is -0.0323 e. The van der Waals surface area contributed by atoms with Crippen LogP contribution in [0.3, 0.4) is 0 Å². The van der Waals surface area contributed by atoms with E-state index >= 15 is 0 Å². The van der Waals surface area contributed by atoms with E-state index in [-0.39, 0.29) is 0 Å². The summed E-state index contributed by atoms with van der Waals surface area (Å²) in [5.74, 6) is 0. The van der Waals surface area contributed by atoms with Crippen molar-refractivity contribution in [2.45, 2.75) is 60.3 Å². The molecule has 0 aromatic carbocycles. The fraction of sp³-hybridized carbons (Fsp3) is 0.833. The Hall–Kier alpha value is -0.260. The molecule has 12 heavy (non-hydrogen) atoms. The highest BCUT2D eigenvalue weighted by Gasteiger charge is 2.08. The van der Waals surface area contributed by atoms with E-state index in [1.54, 1.807) is 5.57 Å². The highest BCUT2D eigenvalue weighted by atomic mass is 14.1. The van der Waals surface area contributed by atoms with Crippen molar-refractivity contribution >= 4 is 0 Å². The molecule has 0 heteroatoms. The molecule has 0 heterocycles. The van der Waals surface area contributed by atoms with Crippen LogP contribution in [0.1, 0.15) is 60.3 Å². The lowest BCUT2D eigenvalue weighted by Crippen LogP contribution is -2.03. The first kappa shape index (κ1) is 11.7.